The molecule has 11 nitrogen and oxygen atoms in total. The number of hydrazine groups is 1. The van der Waals surface area contributed by atoms with Crippen LogP contribution in [-0.2, 0) is 28.8 Å². The van der Waals surface area contributed by atoms with E-state index >= 15 is 0 Å². The molecule has 0 aliphatic carbocycles. The van der Waals surface area contributed by atoms with E-state index in [0.717, 1.165) is 29.7 Å². The van der Waals surface area contributed by atoms with Crippen molar-refractivity contribution in [2.75, 3.05) is 11.9 Å². The largest absolute Gasteiger partial charge is 0.463 e. The molecule has 12 heteroatoms. The molecule has 0 bridgehead atoms. The van der Waals surface area contributed by atoms with Gasteiger partial charge in [0.05, 0.1) is 5.69 Å². The highest BCUT2D eigenvalue weighted by molar-refractivity contribution is 7.13. The van der Waals surface area contributed by atoms with Gasteiger partial charge in [0, 0.05) is 18.8 Å². The van der Waals surface area contributed by atoms with Crippen molar-refractivity contribution in [3.05, 3.63) is 46.5 Å². The van der Waals surface area contributed by atoms with E-state index in [1.165, 1.54) is 18.3 Å². The molecule has 2 aromatic rings. The summed E-state index contributed by atoms with van der Waals surface area (Å²) in [6.45, 7) is 6.41. The van der Waals surface area contributed by atoms with Gasteiger partial charge in [-0.3, -0.25) is 4.79 Å². The molecule has 1 heterocycles. The number of aryl methyl sites for hydroxylation is 2. The van der Waals surface area contributed by atoms with Crippen LogP contribution in [0.2, 0.25) is 0 Å². The summed E-state index contributed by atoms with van der Waals surface area (Å²) in [6, 6.07) is 7.01. The second-order valence-corrected chi connectivity index (χ2v) is 9.22. The highest BCUT2D eigenvalue weighted by atomic mass is 32.1. The van der Waals surface area contributed by atoms with E-state index in [1.807, 2.05) is 35.1 Å². The second-order valence-electron chi connectivity index (χ2n) is 8.36. The van der Waals surface area contributed by atoms with E-state index < -0.39 is 23.8 Å². The fourth-order valence-electron chi connectivity index (χ4n) is 2.78. The van der Waals surface area contributed by atoms with Crippen molar-refractivity contribution < 1.29 is 29.0 Å². The molecule has 0 atom stereocenters. The molecule has 0 unspecified atom stereocenters. The summed E-state index contributed by atoms with van der Waals surface area (Å²) >= 11 is 1.38. The van der Waals surface area contributed by atoms with Gasteiger partial charge in [-0.25, -0.2) is 24.8 Å². The summed E-state index contributed by atoms with van der Waals surface area (Å²) in [7, 11) is 0. The predicted molar refractivity (Wildman–Crippen MR) is 127 cm³/mol. The number of anilines is 1. The van der Waals surface area contributed by atoms with Gasteiger partial charge in [0.25, 0.3) is 0 Å². The Morgan fingerprint density at radius 1 is 1.12 bits per heavy atom. The van der Waals surface area contributed by atoms with Gasteiger partial charge in [-0.15, -0.1) is 16.3 Å². The Morgan fingerprint density at radius 3 is 2.41 bits per heavy atom. The van der Waals surface area contributed by atoms with Crippen molar-refractivity contribution >= 4 is 40.6 Å². The molecule has 34 heavy (non-hydrogen) atoms. The van der Waals surface area contributed by atoms with Crippen molar-refractivity contribution in [2.45, 2.75) is 52.6 Å². The first-order chi connectivity index (χ1) is 15.9. The Labute approximate surface area is 201 Å². The standard InChI is InChI=1S/C22H29N5O6S/c1-14(28)24-19-25-17(13-34-19)9-8-15-6-5-7-16(12-15)10-11-23-18(29)26-27(20(30)31)21(32)33-22(2,3)4/h5-7,12-13H,8-11H2,1-4H3,(H,30,31)(H2,23,26,29)(H,24,25,28). The summed E-state index contributed by atoms with van der Waals surface area (Å²) in [4.78, 5) is 50.7. The van der Waals surface area contributed by atoms with E-state index in [4.69, 9.17) is 9.84 Å². The first-order valence-electron chi connectivity index (χ1n) is 10.5. The zero-order valence-electron chi connectivity index (χ0n) is 19.5. The van der Waals surface area contributed by atoms with Crippen LogP contribution in [0.4, 0.5) is 19.5 Å². The number of rotatable bonds is 7. The van der Waals surface area contributed by atoms with Crippen LogP contribution < -0.4 is 16.1 Å². The van der Waals surface area contributed by atoms with Crippen LogP contribution in [0.1, 0.15) is 44.5 Å². The van der Waals surface area contributed by atoms with Crippen molar-refractivity contribution in [1.82, 2.24) is 20.7 Å². The SMILES string of the molecule is CC(=O)Nc1nc(CCc2cccc(CCNC(=O)NN(C(=O)O)C(=O)OC(C)(C)C)c2)cs1. The first kappa shape index (κ1) is 26.6. The molecule has 184 valence electrons. The van der Waals surface area contributed by atoms with Gasteiger partial charge in [0.1, 0.15) is 5.60 Å². The van der Waals surface area contributed by atoms with Crippen LogP contribution in [0.5, 0.6) is 0 Å². The lowest BCUT2D eigenvalue weighted by Crippen LogP contribution is -2.54. The van der Waals surface area contributed by atoms with Crippen molar-refractivity contribution in [1.29, 1.82) is 0 Å². The fraction of sp³-hybridized carbons (Fsp3) is 0.409. The lowest BCUT2D eigenvalue weighted by molar-refractivity contribution is -0.114. The predicted octanol–water partition coefficient (Wildman–Crippen LogP) is 3.56. The van der Waals surface area contributed by atoms with E-state index in [2.05, 4.69) is 15.6 Å². The van der Waals surface area contributed by atoms with Gasteiger partial charge in [-0.05, 0) is 51.2 Å². The van der Waals surface area contributed by atoms with Crippen LogP contribution in [0, 0.1) is 0 Å². The number of carbonyl (C=O) groups is 4. The maximum atomic E-state index is 12.0. The van der Waals surface area contributed by atoms with Crippen LogP contribution >= 0.6 is 11.3 Å². The topological polar surface area (TPSA) is 150 Å². The monoisotopic (exact) mass is 491 g/mol. The molecule has 0 aliphatic heterocycles. The number of carbonyl (C=O) groups excluding carboxylic acids is 3. The van der Waals surface area contributed by atoms with Crippen LogP contribution in [0.25, 0.3) is 0 Å². The van der Waals surface area contributed by atoms with Gasteiger partial charge in [-0.2, -0.15) is 0 Å². The maximum Gasteiger partial charge on any atom is 0.439 e. The molecule has 0 saturated carbocycles. The molecule has 0 radical (unpaired) electrons. The molecule has 0 saturated heterocycles. The summed E-state index contributed by atoms with van der Waals surface area (Å²) in [6.07, 6.45) is -0.886. The highest BCUT2D eigenvalue weighted by Gasteiger charge is 2.28. The molecule has 5 amide bonds. The number of hydrogen-bond acceptors (Lipinski definition) is 7. The quantitative estimate of drug-likeness (QED) is 0.433. The zero-order valence-corrected chi connectivity index (χ0v) is 20.3. The average molecular weight is 492 g/mol. The molecule has 1 aromatic carbocycles. The number of amides is 5. The molecule has 4 N–H and O–H groups in total. The van der Waals surface area contributed by atoms with Crippen molar-refractivity contribution in [3.63, 3.8) is 0 Å². The summed E-state index contributed by atoms with van der Waals surface area (Å²) in [5.41, 5.74) is 4.02. The lowest BCUT2D eigenvalue weighted by Gasteiger charge is -2.24. The summed E-state index contributed by atoms with van der Waals surface area (Å²) < 4.78 is 4.96. The number of benzene rings is 1. The summed E-state index contributed by atoms with van der Waals surface area (Å²) in [5.74, 6) is -0.156. The zero-order chi connectivity index (χ0) is 25.3. The molecule has 0 fully saturated rings. The van der Waals surface area contributed by atoms with E-state index in [0.29, 0.717) is 11.6 Å². The fourth-order valence-corrected chi connectivity index (χ4v) is 3.57. The molecular formula is C22H29N5O6S. The smallest absolute Gasteiger partial charge is 0.439 e. The third-order valence-electron chi connectivity index (χ3n) is 4.18. The molecule has 0 spiro atoms. The molecular weight excluding hydrogens is 462 g/mol. The average Bonchev–Trinajstić information content (AvgIpc) is 3.16. The number of nitrogens with zero attached hydrogens (tertiary/aromatic N) is 2. The first-order valence-corrected chi connectivity index (χ1v) is 11.4. The number of thiazole rings is 1. The lowest BCUT2D eigenvalue weighted by atomic mass is 10.0. The third-order valence-corrected chi connectivity index (χ3v) is 4.98. The molecule has 0 aliphatic rings. The van der Waals surface area contributed by atoms with Gasteiger partial charge in [0.2, 0.25) is 5.91 Å². The van der Waals surface area contributed by atoms with Gasteiger partial charge in [0.15, 0.2) is 5.13 Å². The highest BCUT2D eigenvalue weighted by Crippen LogP contribution is 2.17. The minimum atomic E-state index is -1.67. The molecule has 1 aromatic heterocycles. The van der Waals surface area contributed by atoms with Crippen molar-refractivity contribution in [2.24, 2.45) is 0 Å². The Hall–Kier alpha value is -3.67. The van der Waals surface area contributed by atoms with E-state index in [9.17, 15) is 19.2 Å². The number of imide groups is 1. The summed E-state index contributed by atoms with van der Waals surface area (Å²) in [5, 5.41) is 16.9. The number of ether oxygens (including phenoxy) is 1. The normalized spacial score (nSPS) is 10.8. The minimum absolute atomic E-state index is 0.0943. The minimum Gasteiger partial charge on any atom is -0.463 e. The maximum absolute atomic E-state index is 12.0. The number of hydrogen-bond donors (Lipinski definition) is 4. The van der Waals surface area contributed by atoms with Gasteiger partial charge in [-0.1, -0.05) is 24.3 Å². The van der Waals surface area contributed by atoms with Crippen LogP contribution in [0.3, 0.4) is 0 Å². The van der Waals surface area contributed by atoms with Crippen LogP contribution in [0.15, 0.2) is 29.6 Å². The Balaban J connectivity index is 1.82. The van der Waals surface area contributed by atoms with Gasteiger partial charge >= 0.3 is 18.2 Å². The van der Waals surface area contributed by atoms with Gasteiger partial charge < -0.3 is 20.5 Å². The number of carboxylic acid groups (broad SMARTS) is 1. The Morgan fingerprint density at radius 2 is 1.79 bits per heavy atom. The molecule has 2 rings (SSSR count). The van der Waals surface area contributed by atoms with E-state index in [1.54, 1.807) is 20.8 Å². The van der Waals surface area contributed by atoms with Crippen molar-refractivity contribution in [3.8, 4) is 0 Å². The van der Waals surface area contributed by atoms with E-state index in [-0.39, 0.29) is 17.5 Å². The number of aromatic nitrogens is 1. The number of nitrogens with one attached hydrogen (secondary N) is 3. The Kier molecular flexibility index (Phi) is 9.36. The number of urea groups is 1. The van der Waals surface area contributed by atoms with Crippen LogP contribution in [-0.4, -0.2) is 51.4 Å². The second kappa shape index (κ2) is 12.0. The third kappa shape index (κ3) is 9.45. The Bertz CT molecular complexity index is 1030.